The third-order valence-electron chi connectivity index (χ3n) is 1.10. The molecular weight excluding hydrogens is 180 g/mol. The Hall–Kier alpha value is -1.63. The number of carboxylic acids is 2. The van der Waals surface area contributed by atoms with Gasteiger partial charge in [-0.05, 0) is 0 Å². The predicted octanol–water partition coefficient (Wildman–Crippen LogP) is -1.44. The molecule has 0 bridgehead atoms. The van der Waals surface area contributed by atoms with Crippen molar-refractivity contribution in [3.8, 4) is 0 Å². The first-order chi connectivity index (χ1) is 5.93. The van der Waals surface area contributed by atoms with Crippen molar-refractivity contribution in [3.05, 3.63) is 0 Å². The second-order valence-electron chi connectivity index (χ2n) is 2.31. The maximum atomic E-state index is 10.4. The van der Waals surface area contributed by atoms with Crippen LogP contribution >= 0.6 is 0 Å². The number of carbonyl (C=O) groups excluding carboxylic acids is 1. The maximum Gasteiger partial charge on any atom is 0.323 e. The van der Waals surface area contributed by atoms with E-state index in [0.717, 1.165) is 0 Å². The van der Waals surface area contributed by atoms with Gasteiger partial charge in [0.25, 0.3) is 0 Å². The quantitative estimate of drug-likeness (QED) is 0.394. The molecule has 0 aromatic heterocycles. The zero-order valence-electron chi connectivity index (χ0n) is 6.90. The minimum Gasteiger partial charge on any atom is -0.481 e. The molecule has 0 aliphatic carbocycles. The number of aliphatic carboxylic acids is 2. The molecule has 1 atom stereocenters. The van der Waals surface area contributed by atoms with Crippen molar-refractivity contribution in [2.75, 3.05) is 0 Å². The molecular formula is C6H10N2O5. The summed E-state index contributed by atoms with van der Waals surface area (Å²) in [6.45, 7) is 1.17. The highest BCUT2D eigenvalue weighted by Gasteiger charge is 2.20. The van der Waals surface area contributed by atoms with Gasteiger partial charge < -0.3 is 10.2 Å². The first-order valence-electron chi connectivity index (χ1n) is 3.40. The van der Waals surface area contributed by atoms with Gasteiger partial charge in [-0.3, -0.25) is 19.8 Å². The van der Waals surface area contributed by atoms with Gasteiger partial charge in [-0.15, -0.1) is 0 Å². The van der Waals surface area contributed by atoms with Crippen LogP contribution in [0.1, 0.15) is 13.3 Å². The fraction of sp³-hybridized carbons (Fsp3) is 0.500. The van der Waals surface area contributed by atoms with E-state index < -0.39 is 30.3 Å². The van der Waals surface area contributed by atoms with Gasteiger partial charge in [-0.2, -0.15) is 0 Å². The molecule has 1 amide bonds. The molecule has 0 spiro atoms. The summed E-state index contributed by atoms with van der Waals surface area (Å²) < 4.78 is 0. The fourth-order valence-corrected chi connectivity index (χ4v) is 0.563. The van der Waals surface area contributed by atoms with E-state index in [1.54, 1.807) is 0 Å². The number of hydrogen-bond acceptors (Lipinski definition) is 4. The van der Waals surface area contributed by atoms with E-state index >= 15 is 0 Å². The standard InChI is InChI=1S/C6H10N2O5/c1-3(9)7-8-4(6(12)13)2-5(10)11/h4,8H,2H2,1H3,(H,7,9)(H,10,11)(H,12,13)/t4-/m0/s1. The van der Waals surface area contributed by atoms with Gasteiger partial charge in [-0.25, -0.2) is 5.43 Å². The van der Waals surface area contributed by atoms with E-state index in [1.165, 1.54) is 6.92 Å². The molecule has 0 unspecified atom stereocenters. The molecule has 0 aromatic carbocycles. The summed E-state index contributed by atoms with van der Waals surface area (Å²) in [7, 11) is 0. The van der Waals surface area contributed by atoms with Crippen LogP contribution in [0.25, 0.3) is 0 Å². The largest absolute Gasteiger partial charge is 0.481 e. The van der Waals surface area contributed by atoms with E-state index in [1.807, 2.05) is 5.43 Å². The van der Waals surface area contributed by atoms with Crippen molar-refractivity contribution < 1.29 is 24.6 Å². The highest BCUT2D eigenvalue weighted by molar-refractivity contribution is 5.81. The summed E-state index contributed by atoms with van der Waals surface area (Å²) in [5, 5.41) is 16.7. The van der Waals surface area contributed by atoms with E-state index in [2.05, 4.69) is 5.43 Å². The fourth-order valence-electron chi connectivity index (χ4n) is 0.563. The average Bonchev–Trinajstić information content (AvgIpc) is 1.96. The normalized spacial score (nSPS) is 11.8. The van der Waals surface area contributed by atoms with Crippen LogP contribution < -0.4 is 10.9 Å². The predicted molar refractivity (Wildman–Crippen MR) is 40.6 cm³/mol. The molecule has 0 fully saturated rings. The average molecular weight is 190 g/mol. The topological polar surface area (TPSA) is 116 Å². The number of hydrazine groups is 1. The molecule has 74 valence electrons. The SMILES string of the molecule is CC(=O)NN[C@@H](CC(=O)O)C(=O)O. The van der Waals surface area contributed by atoms with Gasteiger partial charge in [0, 0.05) is 6.92 Å². The van der Waals surface area contributed by atoms with Crippen LogP contribution in [0.3, 0.4) is 0 Å². The van der Waals surface area contributed by atoms with Gasteiger partial charge >= 0.3 is 11.9 Å². The van der Waals surface area contributed by atoms with Crippen molar-refractivity contribution >= 4 is 17.8 Å². The molecule has 0 aliphatic rings. The van der Waals surface area contributed by atoms with Crippen molar-refractivity contribution in [2.45, 2.75) is 19.4 Å². The van der Waals surface area contributed by atoms with Crippen molar-refractivity contribution in [1.82, 2.24) is 10.9 Å². The van der Waals surface area contributed by atoms with Crippen LogP contribution in [0.5, 0.6) is 0 Å². The van der Waals surface area contributed by atoms with Gasteiger partial charge in [0.05, 0.1) is 6.42 Å². The second-order valence-corrected chi connectivity index (χ2v) is 2.31. The summed E-state index contributed by atoms with van der Waals surface area (Å²) in [5.41, 5.74) is 4.07. The number of nitrogens with one attached hydrogen (secondary N) is 2. The third-order valence-corrected chi connectivity index (χ3v) is 1.10. The lowest BCUT2D eigenvalue weighted by Gasteiger charge is -2.11. The highest BCUT2D eigenvalue weighted by atomic mass is 16.4. The first-order valence-corrected chi connectivity index (χ1v) is 3.40. The van der Waals surface area contributed by atoms with Crippen molar-refractivity contribution in [1.29, 1.82) is 0 Å². The molecule has 4 N–H and O–H groups in total. The van der Waals surface area contributed by atoms with Crippen LogP contribution in [-0.4, -0.2) is 34.1 Å². The number of rotatable bonds is 5. The molecule has 0 aromatic rings. The van der Waals surface area contributed by atoms with E-state index in [-0.39, 0.29) is 0 Å². The molecule has 0 rings (SSSR count). The zero-order chi connectivity index (χ0) is 10.4. The lowest BCUT2D eigenvalue weighted by molar-refractivity contribution is -0.146. The van der Waals surface area contributed by atoms with Crippen LogP contribution in [0.2, 0.25) is 0 Å². The van der Waals surface area contributed by atoms with Crippen LogP contribution in [0, 0.1) is 0 Å². The Morgan fingerprint density at radius 2 is 1.85 bits per heavy atom. The maximum absolute atomic E-state index is 10.4. The Morgan fingerprint density at radius 1 is 1.31 bits per heavy atom. The molecule has 13 heavy (non-hydrogen) atoms. The van der Waals surface area contributed by atoms with Gasteiger partial charge in [0.15, 0.2) is 0 Å². The molecule has 0 radical (unpaired) electrons. The van der Waals surface area contributed by atoms with Crippen LogP contribution in [-0.2, 0) is 14.4 Å². The summed E-state index contributed by atoms with van der Waals surface area (Å²) in [4.78, 5) is 30.9. The Balaban J connectivity index is 4.02. The number of amides is 1. The Morgan fingerprint density at radius 3 is 2.15 bits per heavy atom. The number of carbonyl (C=O) groups is 3. The van der Waals surface area contributed by atoms with Gasteiger partial charge in [0.2, 0.25) is 5.91 Å². The monoisotopic (exact) mass is 190 g/mol. The smallest absolute Gasteiger partial charge is 0.323 e. The first kappa shape index (κ1) is 11.4. The lowest BCUT2D eigenvalue weighted by Crippen LogP contribution is -2.48. The van der Waals surface area contributed by atoms with Crippen LogP contribution in [0.4, 0.5) is 0 Å². The molecule has 7 heteroatoms. The number of hydrogen-bond donors (Lipinski definition) is 4. The minimum absolute atomic E-state index is 0.489. The summed E-state index contributed by atoms with van der Waals surface area (Å²) in [6.07, 6.45) is -0.602. The molecule has 0 saturated heterocycles. The Labute approximate surface area is 73.7 Å². The van der Waals surface area contributed by atoms with Crippen molar-refractivity contribution in [2.24, 2.45) is 0 Å². The van der Waals surface area contributed by atoms with E-state index in [4.69, 9.17) is 10.2 Å². The van der Waals surface area contributed by atoms with E-state index in [9.17, 15) is 14.4 Å². The number of carboxylic acid groups (broad SMARTS) is 2. The highest BCUT2D eigenvalue weighted by Crippen LogP contribution is 1.90. The minimum atomic E-state index is -1.34. The zero-order valence-corrected chi connectivity index (χ0v) is 6.90. The van der Waals surface area contributed by atoms with Crippen molar-refractivity contribution in [3.63, 3.8) is 0 Å². The molecule has 0 saturated carbocycles. The van der Waals surface area contributed by atoms with Gasteiger partial charge in [0.1, 0.15) is 6.04 Å². The summed E-state index contributed by atoms with van der Waals surface area (Å²) >= 11 is 0. The summed E-state index contributed by atoms with van der Waals surface area (Å²) in [6, 6.07) is -1.32. The Bertz CT molecular complexity index is 227. The van der Waals surface area contributed by atoms with Gasteiger partial charge in [-0.1, -0.05) is 0 Å². The van der Waals surface area contributed by atoms with E-state index in [0.29, 0.717) is 0 Å². The molecule has 0 aliphatic heterocycles. The third kappa shape index (κ3) is 5.62. The molecule has 0 heterocycles. The lowest BCUT2D eigenvalue weighted by atomic mass is 10.2. The summed E-state index contributed by atoms with van der Waals surface area (Å²) in [5.74, 6) is -3.09. The van der Waals surface area contributed by atoms with Crippen LogP contribution in [0.15, 0.2) is 0 Å². The Kier molecular flexibility index (Phi) is 4.45. The molecule has 7 nitrogen and oxygen atoms in total. The second kappa shape index (κ2) is 5.09.